The number of hydrogen-bond donors (Lipinski definition) is 1. The van der Waals surface area contributed by atoms with E-state index in [0.717, 1.165) is 35.7 Å². The van der Waals surface area contributed by atoms with Crippen molar-refractivity contribution in [2.24, 2.45) is 0 Å². The second-order valence-corrected chi connectivity index (χ2v) is 4.71. The molecule has 2 rings (SSSR count). The summed E-state index contributed by atoms with van der Waals surface area (Å²) in [6, 6.07) is 9.41. The Morgan fingerprint density at radius 3 is 2.45 bits per heavy atom. The second kappa shape index (κ2) is 5.82. The van der Waals surface area contributed by atoms with E-state index < -0.39 is 5.97 Å². The predicted molar refractivity (Wildman–Crippen MR) is 78.4 cm³/mol. The average molecular weight is 273 g/mol. The van der Waals surface area contributed by atoms with Crippen LogP contribution >= 0.6 is 0 Å². The Labute approximate surface area is 118 Å². The summed E-state index contributed by atoms with van der Waals surface area (Å²) in [5.41, 5.74) is 3.09. The number of rotatable bonds is 5. The van der Waals surface area contributed by atoms with Crippen LogP contribution in [0.5, 0.6) is 5.75 Å². The Morgan fingerprint density at radius 1 is 1.30 bits per heavy atom. The van der Waals surface area contributed by atoms with Crippen molar-refractivity contribution in [3.05, 3.63) is 41.6 Å². The summed E-state index contributed by atoms with van der Waals surface area (Å²) in [6.45, 7) is 4.74. The van der Waals surface area contributed by atoms with Crippen molar-refractivity contribution in [2.75, 3.05) is 7.11 Å². The Balaban J connectivity index is 2.53. The molecule has 0 saturated heterocycles. The van der Waals surface area contributed by atoms with Crippen molar-refractivity contribution in [1.82, 2.24) is 4.57 Å². The third-order valence-corrected chi connectivity index (χ3v) is 3.43. The minimum atomic E-state index is -0.882. The van der Waals surface area contributed by atoms with Gasteiger partial charge in [-0.3, -0.25) is 0 Å². The van der Waals surface area contributed by atoms with E-state index in [1.165, 1.54) is 0 Å². The van der Waals surface area contributed by atoms with Crippen LogP contribution in [0.4, 0.5) is 0 Å². The Morgan fingerprint density at radius 2 is 1.95 bits per heavy atom. The first-order valence-corrected chi connectivity index (χ1v) is 6.66. The highest BCUT2D eigenvalue weighted by molar-refractivity contribution is 5.91. The fourth-order valence-corrected chi connectivity index (χ4v) is 2.37. The minimum Gasteiger partial charge on any atom is -0.497 e. The average Bonchev–Trinajstić information content (AvgIpc) is 2.77. The van der Waals surface area contributed by atoms with Crippen molar-refractivity contribution in [1.29, 1.82) is 0 Å². The molecule has 4 nitrogen and oxygen atoms in total. The van der Waals surface area contributed by atoms with Gasteiger partial charge in [-0.25, -0.2) is 4.79 Å². The molecular formula is C16H19NO3. The van der Waals surface area contributed by atoms with E-state index in [-0.39, 0.29) is 0 Å². The first-order chi connectivity index (χ1) is 9.58. The summed E-state index contributed by atoms with van der Waals surface area (Å²) in [4.78, 5) is 11.3. The van der Waals surface area contributed by atoms with E-state index in [2.05, 4.69) is 11.5 Å². The van der Waals surface area contributed by atoms with Gasteiger partial charge in [0.25, 0.3) is 0 Å². The molecule has 0 aliphatic rings. The predicted octanol–water partition coefficient (Wildman–Crippen LogP) is 3.58. The summed E-state index contributed by atoms with van der Waals surface area (Å²) < 4.78 is 7.21. The standard InChI is InChI=1S/C16H19NO3/c1-4-9-17-11(2)14(16(18)19)10-15(17)12-5-7-13(20-3)8-6-12/h5-8,10H,4,9H2,1-3H3,(H,18,19). The molecule has 0 radical (unpaired) electrons. The van der Waals surface area contributed by atoms with Gasteiger partial charge in [-0.05, 0) is 49.2 Å². The van der Waals surface area contributed by atoms with E-state index in [4.69, 9.17) is 4.74 Å². The zero-order valence-electron chi connectivity index (χ0n) is 12.0. The number of ether oxygens (including phenoxy) is 1. The number of carbonyl (C=O) groups is 1. The number of benzene rings is 1. The van der Waals surface area contributed by atoms with Crippen LogP contribution < -0.4 is 4.74 Å². The molecule has 2 aromatic rings. The fourth-order valence-electron chi connectivity index (χ4n) is 2.37. The third kappa shape index (κ3) is 2.54. The lowest BCUT2D eigenvalue weighted by Gasteiger charge is -2.11. The first-order valence-electron chi connectivity index (χ1n) is 6.66. The third-order valence-electron chi connectivity index (χ3n) is 3.43. The van der Waals surface area contributed by atoms with Crippen LogP contribution in [0.2, 0.25) is 0 Å². The molecule has 4 heteroatoms. The van der Waals surface area contributed by atoms with Crippen molar-refractivity contribution < 1.29 is 14.6 Å². The molecule has 1 aromatic heterocycles. The maximum Gasteiger partial charge on any atom is 0.337 e. The molecule has 0 fully saturated rings. The van der Waals surface area contributed by atoms with Gasteiger partial charge in [0, 0.05) is 17.9 Å². The molecule has 1 aromatic carbocycles. The lowest BCUT2D eigenvalue weighted by molar-refractivity contribution is 0.0696. The number of carboxylic acids is 1. The molecule has 0 unspecified atom stereocenters. The topological polar surface area (TPSA) is 51.5 Å². The summed E-state index contributed by atoms with van der Waals surface area (Å²) in [7, 11) is 1.63. The van der Waals surface area contributed by atoms with Crippen LogP contribution in [0.1, 0.15) is 29.4 Å². The number of hydrogen-bond acceptors (Lipinski definition) is 2. The number of aromatic nitrogens is 1. The van der Waals surface area contributed by atoms with Gasteiger partial charge in [0.15, 0.2) is 0 Å². The highest BCUT2D eigenvalue weighted by atomic mass is 16.5. The van der Waals surface area contributed by atoms with Crippen LogP contribution in [0.25, 0.3) is 11.3 Å². The second-order valence-electron chi connectivity index (χ2n) is 4.71. The van der Waals surface area contributed by atoms with Gasteiger partial charge in [0.1, 0.15) is 5.75 Å². The van der Waals surface area contributed by atoms with E-state index >= 15 is 0 Å². The van der Waals surface area contributed by atoms with Gasteiger partial charge < -0.3 is 14.4 Å². The zero-order chi connectivity index (χ0) is 14.7. The minimum absolute atomic E-state index is 0.365. The molecule has 1 heterocycles. The lowest BCUT2D eigenvalue weighted by Crippen LogP contribution is -2.04. The van der Waals surface area contributed by atoms with E-state index in [9.17, 15) is 9.90 Å². The van der Waals surface area contributed by atoms with Crippen LogP contribution in [0.15, 0.2) is 30.3 Å². The Hall–Kier alpha value is -2.23. The smallest absolute Gasteiger partial charge is 0.337 e. The molecule has 1 N–H and O–H groups in total. The summed E-state index contributed by atoms with van der Waals surface area (Å²) in [5.74, 6) is -0.0929. The number of aromatic carboxylic acids is 1. The molecule has 0 amide bonds. The van der Waals surface area contributed by atoms with Gasteiger partial charge in [-0.2, -0.15) is 0 Å². The van der Waals surface area contributed by atoms with Crippen LogP contribution in [0, 0.1) is 6.92 Å². The van der Waals surface area contributed by atoms with Crippen molar-refractivity contribution in [3.8, 4) is 17.0 Å². The van der Waals surface area contributed by atoms with Crippen molar-refractivity contribution in [2.45, 2.75) is 26.8 Å². The molecule has 0 aliphatic carbocycles. The van der Waals surface area contributed by atoms with E-state index in [1.807, 2.05) is 31.2 Å². The van der Waals surface area contributed by atoms with Gasteiger partial charge in [-0.1, -0.05) is 6.92 Å². The fraction of sp³-hybridized carbons (Fsp3) is 0.312. The molecule has 0 bridgehead atoms. The van der Waals surface area contributed by atoms with Crippen LogP contribution in [0.3, 0.4) is 0 Å². The van der Waals surface area contributed by atoms with E-state index in [0.29, 0.717) is 5.56 Å². The zero-order valence-corrected chi connectivity index (χ0v) is 12.0. The molecule has 20 heavy (non-hydrogen) atoms. The largest absolute Gasteiger partial charge is 0.497 e. The van der Waals surface area contributed by atoms with Gasteiger partial charge in [0.2, 0.25) is 0 Å². The first kappa shape index (κ1) is 14.2. The summed E-state index contributed by atoms with van der Waals surface area (Å²) >= 11 is 0. The van der Waals surface area contributed by atoms with Gasteiger partial charge >= 0.3 is 5.97 Å². The normalized spacial score (nSPS) is 10.6. The van der Waals surface area contributed by atoms with Gasteiger partial charge in [-0.15, -0.1) is 0 Å². The summed E-state index contributed by atoms with van der Waals surface area (Å²) in [5, 5.41) is 9.27. The molecule has 0 saturated carbocycles. The summed E-state index contributed by atoms with van der Waals surface area (Å²) in [6.07, 6.45) is 0.956. The number of nitrogens with zero attached hydrogens (tertiary/aromatic N) is 1. The van der Waals surface area contributed by atoms with Crippen molar-refractivity contribution in [3.63, 3.8) is 0 Å². The van der Waals surface area contributed by atoms with Gasteiger partial charge in [0.05, 0.1) is 12.7 Å². The lowest BCUT2D eigenvalue weighted by atomic mass is 10.1. The highest BCUT2D eigenvalue weighted by Crippen LogP contribution is 2.28. The molecule has 0 aliphatic heterocycles. The highest BCUT2D eigenvalue weighted by Gasteiger charge is 2.17. The Bertz CT molecular complexity index is 611. The number of methoxy groups -OCH3 is 1. The Kier molecular flexibility index (Phi) is 4.13. The van der Waals surface area contributed by atoms with Crippen molar-refractivity contribution >= 4 is 5.97 Å². The van der Waals surface area contributed by atoms with Crippen LogP contribution in [-0.4, -0.2) is 22.8 Å². The maximum absolute atomic E-state index is 11.3. The quantitative estimate of drug-likeness (QED) is 0.905. The maximum atomic E-state index is 11.3. The molecule has 0 spiro atoms. The molecular weight excluding hydrogens is 254 g/mol. The molecule has 0 atom stereocenters. The monoisotopic (exact) mass is 273 g/mol. The van der Waals surface area contributed by atoms with E-state index in [1.54, 1.807) is 13.2 Å². The SMILES string of the molecule is CCCn1c(-c2ccc(OC)cc2)cc(C(=O)O)c1C. The van der Waals surface area contributed by atoms with Crippen LogP contribution in [-0.2, 0) is 6.54 Å². The number of carboxylic acid groups (broad SMARTS) is 1. The molecule has 106 valence electrons.